The van der Waals surface area contributed by atoms with Crippen LogP contribution in [0, 0.1) is 0 Å². The van der Waals surface area contributed by atoms with Crippen molar-refractivity contribution in [1.29, 1.82) is 0 Å². The molecule has 0 bridgehead atoms. The standard InChI is InChI=1S/C18H26N2O5S/c1-12(2)20(13(3)4)17(21)11-25-18(22)15-6-7-16-14(10-15)8-9-19(16)26(5,23)24/h6-7,10,12-13H,8-9,11H2,1-5H3. The molecular formula is C18H26N2O5S. The van der Waals surface area contributed by atoms with Crippen molar-refractivity contribution in [3.8, 4) is 0 Å². The van der Waals surface area contributed by atoms with Crippen LogP contribution >= 0.6 is 0 Å². The lowest BCUT2D eigenvalue weighted by Gasteiger charge is -2.30. The smallest absolute Gasteiger partial charge is 0.338 e. The molecule has 0 radical (unpaired) electrons. The summed E-state index contributed by atoms with van der Waals surface area (Å²) in [7, 11) is -3.33. The number of anilines is 1. The second kappa shape index (κ2) is 7.65. The van der Waals surface area contributed by atoms with E-state index in [1.54, 1.807) is 17.0 Å². The van der Waals surface area contributed by atoms with Crippen molar-refractivity contribution in [2.45, 2.75) is 46.2 Å². The van der Waals surface area contributed by atoms with Crippen molar-refractivity contribution in [2.24, 2.45) is 0 Å². The van der Waals surface area contributed by atoms with Gasteiger partial charge in [-0.3, -0.25) is 9.10 Å². The summed E-state index contributed by atoms with van der Waals surface area (Å²) in [6.45, 7) is 7.69. The molecule has 1 aromatic carbocycles. The Morgan fingerprint density at radius 3 is 2.35 bits per heavy atom. The molecule has 0 spiro atoms. The van der Waals surface area contributed by atoms with Crippen molar-refractivity contribution in [3.63, 3.8) is 0 Å². The third kappa shape index (κ3) is 4.35. The van der Waals surface area contributed by atoms with Gasteiger partial charge in [0.1, 0.15) is 0 Å². The molecule has 0 aromatic heterocycles. The molecule has 2 rings (SSSR count). The Balaban J connectivity index is 2.07. The van der Waals surface area contributed by atoms with Gasteiger partial charge in [-0.05, 0) is 57.9 Å². The number of benzene rings is 1. The van der Waals surface area contributed by atoms with Crippen molar-refractivity contribution in [3.05, 3.63) is 29.3 Å². The first kappa shape index (κ1) is 20.2. The van der Waals surface area contributed by atoms with Crippen LogP contribution in [-0.4, -0.2) is 56.7 Å². The molecule has 0 N–H and O–H groups in total. The normalized spacial score (nSPS) is 13.9. The summed E-state index contributed by atoms with van der Waals surface area (Å²) in [5.74, 6) is -0.834. The Morgan fingerprint density at radius 1 is 1.19 bits per heavy atom. The van der Waals surface area contributed by atoms with Crippen LogP contribution in [0.2, 0.25) is 0 Å². The van der Waals surface area contributed by atoms with Gasteiger partial charge in [-0.2, -0.15) is 0 Å². The maximum absolute atomic E-state index is 12.3. The van der Waals surface area contributed by atoms with Crippen LogP contribution in [0.4, 0.5) is 5.69 Å². The van der Waals surface area contributed by atoms with Gasteiger partial charge < -0.3 is 9.64 Å². The molecule has 8 heteroatoms. The number of amides is 1. The Bertz CT molecular complexity index is 794. The second-order valence-corrected chi connectivity index (χ2v) is 8.90. The monoisotopic (exact) mass is 382 g/mol. The summed E-state index contributed by atoms with van der Waals surface area (Å²) in [4.78, 5) is 26.2. The van der Waals surface area contributed by atoms with E-state index in [-0.39, 0.29) is 24.6 Å². The maximum Gasteiger partial charge on any atom is 0.338 e. The van der Waals surface area contributed by atoms with Crippen molar-refractivity contribution in [1.82, 2.24) is 4.90 Å². The fourth-order valence-corrected chi connectivity index (χ4v) is 4.26. The quantitative estimate of drug-likeness (QED) is 0.701. The van der Waals surface area contributed by atoms with Crippen LogP contribution in [0.3, 0.4) is 0 Å². The van der Waals surface area contributed by atoms with Gasteiger partial charge in [-0.15, -0.1) is 0 Å². The van der Waals surface area contributed by atoms with E-state index in [4.69, 9.17) is 4.74 Å². The van der Waals surface area contributed by atoms with Crippen LogP contribution in [0.25, 0.3) is 0 Å². The average molecular weight is 382 g/mol. The number of fused-ring (bicyclic) bond motifs is 1. The van der Waals surface area contributed by atoms with E-state index in [1.165, 1.54) is 10.4 Å². The highest BCUT2D eigenvalue weighted by Gasteiger charge is 2.27. The number of rotatable bonds is 6. The SMILES string of the molecule is CC(C)N(C(=O)COC(=O)c1ccc2c(c1)CCN2S(C)(=O)=O)C(C)C. The lowest BCUT2D eigenvalue weighted by Crippen LogP contribution is -2.44. The molecule has 0 atom stereocenters. The summed E-state index contributed by atoms with van der Waals surface area (Å²) in [5.41, 5.74) is 1.68. The van der Waals surface area contributed by atoms with Gasteiger partial charge in [0.15, 0.2) is 6.61 Å². The molecule has 0 saturated carbocycles. The fourth-order valence-electron chi connectivity index (χ4n) is 3.30. The molecular weight excluding hydrogens is 356 g/mol. The number of ether oxygens (including phenoxy) is 1. The van der Waals surface area contributed by atoms with E-state index in [0.717, 1.165) is 11.8 Å². The molecule has 7 nitrogen and oxygen atoms in total. The van der Waals surface area contributed by atoms with Gasteiger partial charge in [0, 0.05) is 18.6 Å². The first-order valence-electron chi connectivity index (χ1n) is 8.61. The first-order valence-corrected chi connectivity index (χ1v) is 10.5. The third-order valence-electron chi connectivity index (χ3n) is 4.30. The van der Waals surface area contributed by atoms with Gasteiger partial charge in [0.05, 0.1) is 17.5 Å². The number of esters is 1. The molecule has 1 aromatic rings. The first-order chi connectivity index (χ1) is 12.0. The van der Waals surface area contributed by atoms with Crippen molar-refractivity contribution < 1.29 is 22.7 Å². The minimum absolute atomic E-state index is 0.0168. The average Bonchev–Trinajstić information content (AvgIpc) is 2.94. The lowest BCUT2D eigenvalue weighted by molar-refractivity contribution is -0.138. The lowest BCUT2D eigenvalue weighted by atomic mass is 10.1. The van der Waals surface area contributed by atoms with E-state index in [2.05, 4.69) is 0 Å². The number of carbonyl (C=O) groups excluding carboxylic acids is 2. The predicted molar refractivity (Wildman–Crippen MR) is 99.7 cm³/mol. The minimum atomic E-state index is -3.33. The zero-order valence-electron chi connectivity index (χ0n) is 15.9. The van der Waals surface area contributed by atoms with Gasteiger partial charge >= 0.3 is 5.97 Å². The van der Waals surface area contributed by atoms with Crippen LogP contribution in [-0.2, 0) is 26.0 Å². The Morgan fingerprint density at radius 2 is 1.81 bits per heavy atom. The van der Waals surface area contributed by atoms with Gasteiger partial charge in [0.2, 0.25) is 10.0 Å². The van der Waals surface area contributed by atoms with E-state index >= 15 is 0 Å². The van der Waals surface area contributed by atoms with E-state index in [9.17, 15) is 18.0 Å². The highest BCUT2D eigenvalue weighted by atomic mass is 32.2. The molecule has 1 heterocycles. The van der Waals surface area contributed by atoms with Crippen molar-refractivity contribution in [2.75, 3.05) is 23.7 Å². The van der Waals surface area contributed by atoms with E-state index in [0.29, 0.717) is 24.2 Å². The van der Waals surface area contributed by atoms with Gasteiger partial charge in [-0.1, -0.05) is 0 Å². The number of hydrogen-bond donors (Lipinski definition) is 0. The topological polar surface area (TPSA) is 84.0 Å². The molecule has 0 saturated heterocycles. The van der Waals surface area contributed by atoms with Crippen LogP contribution in [0.1, 0.15) is 43.6 Å². The van der Waals surface area contributed by atoms with Gasteiger partial charge in [-0.25, -0.2) is 13.2 Å². The molecule has 1 aliphatic heterocycles. The fraction of sp³-hybridized carbons (Fsp3) is 0.556. The summed E-state index contributed by atoms with van der Waals surface area (Å²) >= 11 is 0. The maximum atomic E-state index is 12.3. The van der Waals surface area contributed by atoms with Crippen LogP contribution in [0.5, 0.6) is 0 Å². The molecule has 0 fully saturated rings. The van der Waals surface area contributed by atoms with Gasteiger partial charge in [0.25, 0.3) is 5.91 Å². The number of carbonyl (C=O) groups is 2. The molecule has 1 amide bonds. The highest BCUT2D eigenvalue weighted by molar-refractivity contribution is 7.92. The predicted octanol–water partition coefficient (Wildman–Crippen LogP) is 1.81. The van der Waals surface area contributed by atoms with Crippen molar-refractivity contribution >= 4 is 27.6 Å². The van der Waals surface area contributed by atoms with E-state index in [1.807, 2.05) is 27.7 Å². The zero-order valence-corrected chi connectivity index (χ0v) is 16.7. The summed E-state index contributed by atoms with van der Waals surface area (Å²) in [6, 6.07) is 4.80. The van der Waals surface area contributed by atoms with Crippen LogP contribution < -0.4 is 4.31 Å². The second-order valence-electron chi connectivity index (χ2n) is 6.99. The molecule has 0 unspecified atom stereocenters. The molecule has 1 aliphatic rings. The Hall–Kier alpha value is -2.09. The molecule has 144 valence electrons. The highest BCUT2D eigenvalue weighted by Crippen LogP contribution is 2.30. The number of sulfonamides is 1. The van der Waals surface area contributed by atoms with Crippen LogP contribution in [0.15, 0.2) is 18.2 Å². The zero-order chi connectivity index (χ0) is 19.6. The van der Waals surface area contributed by atoms with E-state index < -0.39 is 16.0 Å². The number of nitrogens with zero attached hydrogens (tertiary/aromatic N) is 2. The minimum Gasteiger partial charge on any atom is -0.452 e. The Labute approximate surface area is 155 Å². The number of hydrogen-bond acceptors (Lipinski definition) is 5. The summed E-state index contributed by atoms with van der Waals surface area (Å²) < 4.78 is 30.0. The Kier molecular flexibility index (Phi) is 5.95. The molecule has 0 aliphatic carbocycles. The largest absolute Gasteiger partial charge is 0.452 e. The third-order valence-corrected chi connectivity index (χ3v) is 5.48. The summed E-state index contributed by atoms with van der Waals surface area (Å²) in [5, 5.41) is 0. The molecule has 26 heavy (non-hydrogen) atoms. The summed E-state index contributed by atoms with van der Waals surface area (Å²) in [6.07, 6.45) is 1.70.